The summed E-state index contributed by atoms with van der Waals surface area (Å²) in [6, 6.07) is 25.9. The van der Waals surface area contributed by atoms with Crippen molar-refractivity contribution in [3.63, 3.8) is 0 Å². The van der Waals surface area contributed by atoms with Gasteiger partial charge in [0.05, 0.1) is 11.8 Å². The molecule has 0 spiro atoms. The molecule has 0 saturated heterocycles. The van der Waals surface area contributed by atoms with Gasteiger partial charge in [0.25, 0.3) is 0 Å². The number of carbonyl (C=O) groups is 3. The number of hydrogen-bond donors (Lipinski definition) is 0. The molecular formula is C29H27NO4. The number of amides is 1. The predicted octanol–water partition coefficient (Wildman–Crippen LogP) is 5.67. The van der Waals surface area contributed by atoms with Crippen molar-refractivity contribution in [1.29, 1.82) is 0 Å². The molecule has 5 nitrogen and oxygen atoms in total. The van der Waals surface area contributed by atoms with Crippen LogP contribution in [0.3, 0.4) is 0 Å². The van der Waals surface area contributed by atoms with Crippen molar-refractivity contribution in [3.8, 4) is 0 Å². The number of rotatable bonds is 7. The Labute approximate surface area is 199 Å². The summed E-state index contributed by atoms with van der Waals surface area (Å²) in [5.41, 5.74) is 3.00. The van der Waals surface area contributed by atoms with Crippen molar-refractivity contribution >= 4 is 29.0 Å². The van der Waals surface area contributed by atoms with Gasteiger partial charge in [-0.25, -0.2) is 0 Å². The molecule has 0 heterocycles. The average Bonchev–Trinajstić information content (AvgIpc) is 2.89. The molecule has 1 aliphatic carbocycles. The number of Topliss-reactive ketones (excluding diaryl/α,β-unsaturated/α-hetero) is 1. The molecule has 0 saturated carbocycles. The standard InChI is InChI=1S/C29H27NO4/c1-21-16-18-22(19-17-21)27(31)20-34-29(33)26-15-9-8-14-25(26)28(32)30(23-10-4-2-5-11-23)24-12-6-3-7-13-24/h2-13,16-19,25-26H,14-15,20H2,1H3. The van der Waals surface area contributed by atoms with E-state index in [1.165, 1.54) is 0 Å². The molecule has 2 unspecified atom stereocenters. The van der Waals surface area contributed by atoms with Crippen LogP contribution in [0.2, 0.25) is 0 Å². The van der Waals surface area contributed by atoms with Gasteiger partial charge >= 0.3 is 5.97 Å². The van der Waals surface area contributed by atoms with Gasteiger partial charge in [-0.15, -0.1) is 0 Å². The summed E-state index contributed by atoms with van der Waals surface area (Å²) in [5.74, 6) is -2.21. The van der Waals surface area contributed by atoms with Crippen LogP contribution in [-0.4, -0.2) is 24.3 Å². The minimum absolute atomic E-state index is 0.173. The molecule has 0 aromatic heterocycles. The molecule has 4 rings (SSSR count). The number of anilines is 2. The zero-order valence-corrected chi connectivity index (χ0v) is 19.1. The summed E-state index contributed by atoms with van der Waals surface area (Å²) in [6.07, 6.45) is 4.65. The zero-order valence-electron chi connectivity index (χ0n) is 19.1. The third-order valence-electron chi connectivity index (χ3n) is 6.02. The molecule has 1 amide bonds. The zero-order chi connectivity index (χ0) is 23.9. The first kappa shape index (κ1) is 23.2. The van der Waals surface area contributed by atoms with Gasteiger partial charge in [-0.1, -0.05) is 78.4 Å². The lowest BCUT2D eigenvalue weighted by Gasteiger charge is -2.32. The maximum absolute atomic E-state index is 13.8. The molecule has 0 radical (unpaired) electrons. The summed E-state index contributed by atoms with van der Waals surface area (Å²) in [6.45, 7) is 1.60. The quantitative estimate of drug-likeness (QED) is 0.263. The maximum Gasteiger partial charge on any atom is 0.310 e. The SMILES string of the molecule is Cc1ccc(C(=O)COC(=O)C2CC=CCC2C(=O)N(c2ccccc2)c2ccccc2)cc1. The van der Waals surface area contributed by atoms with Gasteiger partial charge in [0, 0.05) is 16.9 Å². The molecule has 0 fully saturated rings. The van der Waals surface area contributed by atoms with Crippen molar-refractivity contribution in [2.24, 2.45) is 11.8 Å². The summed E-state index contributed by atoms with van der Waals surface area (Å²) < 4.78 is 5.41. The van der Waals surface area contributed by atoms with E-state index in [1.807, 2.05) is 91.9 Å². The number of ether oxygens (including phenoxy) is 1. The number of esters is 1. The first-order valence-corrected chi connectivity index (χ1v) is 11.4. The van der Waals surface area contributed by atoms with Crippen molar-refractivity contribution < 1.29 is 19.1 Å². The topological polar surface area (TPSA) is 63.7 Å². The second-order valence-electron chi connectivity index (χ2n) is 8.40. The number of hydrogen-bond acceptors (Lipinski definition) is 4. The maximum atomic E-state index is 13.8. The highest BCUT2D eigenvalue weighted by Crippen LogP contribution is 2.34. The minimum Gasteiger partial charge on any atom is -0.457 e. The predicted molar refractivity (Wildman–Crippen MR) is 132 cm³/mol. The van der Waals surface area contributed by atoms with E-state index in [0.717, 1.165) is 16.9 Å². The molecule has 2 atom stereocenters. The lowest BCUT2D eigenvalue weighted by Crippen LogP contribution is -2.40. The highest BCUT2D eigenvalue weighted by Gasteiger charge is 2.38. The third kappa shape index (κ3) is 5.31. The van der Waals surface area contributed by atoms with Crippen LogP contribution in [0.1, 0.15) is 28.8 Å². The normalized spacial score (nSPS) is 17.1. The summed E-state index contributed by atoms with van der Waals surface area (Å²) >= 11 is 0. The Morgan fingerprint density at radius 2 is 1.29 bits per heavy atom. The number of aryl methyl sites for hydroxylation is 1. The first-order valence-electron chi connectivity index (χ1n) is 11.4. The second-order valence-corrected chi connectivity index (χ2v) is 8.40. The van der Waals surface area contributed by atoms with Crippen LogP contribution in [0.25, 0.3) is 0 Å². The molecule has 0 N–H and O–H groups in total. The van der Waals surface area contributed by atoms with Gasteiger partial charge in [-0.3, -0.25) is 19.3 Å². The minimum atomic E-state index is -0.654. The van der Waals surface area contributed by atoms with Crippen molar-refractivity contribution in [2.75, 3.05) is 11.5 Å². The third-order valence-corrected chi connectivity index (χ3v) is 6.02. The van der Waals surface area contributed by atoms with Gasteiger partial charge in [-0.05, 0) is 44.0 Å². The van der Waals surface area contributed by atoms with Crippen LogP contribution in [0.5, 0.6) is 0 Å². The smallest absolute Gasteiger partial charge is 0.310 e. The van der Waals surface area contributed by atoms with Crippen molar-refractivity contribution in [3.05, 3.63) is 108 Å². The van der Waals surface area contributed by atoms with Gasteiger partial charge in [0.1, 0.15) is 0 Å². The van der Waals surface area contributed by atoms with Crippen LogP contribution < -0.4 is 4.90 Å². The van der Waals surface area contributed by atoms with Crippen LogP contribution in [0.4, 0.5) is 11.4 Å². The number of ketones is 1. The lowest BCUT2D eigenvalue weighted by molar-refractivity contribution is -0.151. The van der Waals surface area contributed by atoms with E-state index < -0.39 is 17.8 Å². The molecular weight excluding hydrogens is 426 g/mol. The Morgan fingerprint density at radius 3 is 1.85 bits per heavy atom. The van der Waals surface area contributed by atoms with E-state index in [1.54, 1.807) is 17.0 Å². The summed E-state index contributed by atoms with van der Waals surface area (Å²) in [4.78, 5) is 41.0. The van der Waals surface area contributed by atoms with Crippen LogP contribution in [0.15, 0.2) is 97.1 Å². The lowest BCUT2D eigenvalue weighted by atomic mass is 9.81. The Bertz CT molecular complexity index is 1130. The molecule has 0 aliphatic heterocycles. The van der Waals surface area contributed by atoms with Gasteiger partial charge in [-0.2, -0.15) is 0 Å². The monoisotopic (exact) mass is 453 g/mol. The Balaban J connectivity index is 1.52. The highest BCUT2D eigenvalue weighted by atomic mass is 16.5. The molecule has 3 aromatic carbocycles. The van der Waals surface area contributed by atoms with E-state index in [9.17, 15) is 14.4 Å². The van der Waals surface area contributed by atoms with E-state index in [0.29, 0.717) is 18.4 Å². The van der Waals surface area contributed by atoms with E-state index in [2.05, 4.69) is 0 Å². The number of para-hydroxylation sites is 2. The molecule has 34 heavy (non-hydrogen) atoms. The number of benzene rings is 3. The van der Waals surface area contributed by atoms with Crippen molar-refractivity contribution in [2.45, 2.75) is 19.8 Å². The Hall–Kier alpha value is -3.99. The van der Waals surface area contributed by atoms with Gasteiger partial charge < -0.3 is 4.74 Å². The van der Waals surface area contributed by atoms with Gasteiger partial charge in [0.15, 0.2) is 12.4 Å². The van der Waals surface area contributed by atoms with Crippen LogP contribution in [-0.2, 0) is 14.3 Å². The fraction of sp³-hybridized carbons (Fsp3) is 0.207. The number of allylic oxidation sites excluding steroid dienone is 2. The summed E-state index contributed by atoms with van der Waals surface area (Å²) in [5, 5.41) is 0. The molecule has 1 aliphatic rings. The molecule has 172 valence electrons. The second kappa shape index (κ2) is 10.8. The molecule has 5 heteroatoms. The number of carbonyl (C=O) groups excluding carboxylic acids is 3. The highest BCUT2D eigenvalue weighted by molar-refractivity contribution is 6.04. The first-order chi connectivity index (χ1) is 16.5. The van der Waals surface area contributed by atoms with E-state index in [4.69, 9.17) is 4.74 Å². The molecule has 3 aromatic rings. The molecule has 0 bridgehead atoms. The van der Waals surface area contributed by atoms with E-state index >= 15 is 0 Å². The van der Waals surface area contributed by atoms with E-state index in [-0.39, 0.29) is 18.3 Å². The Morgan fingerprint density at radius 1 is 0.765 bits per heavy atom. The number of nitrogens with zero attached hydrogens (tertiary/aromatic N) is 1. The Kier molecular flexibility index (Phi) is 7.33. The fourth-order valence-corrected chi connectivity index (χ4v) is 4.14. The average molecular weight is 454 g/mol. The summed E-state index contributed by atoms with van der Waals surface area (Å²) in [7, 11) is 0. The van der Waals surface area contributed by atoms with Gasteiger partial charge in [0.2, 0.25) is 5.91 Å². The fourth-order valence-electron chi connectivity index (χ4n) is 4.14. The van der Waals surface area contributed by atoms with Crippen LogP contribution >= 0.6 is 0 Å². The van der Waals surface area contributed by atoms with Crippen LogP contribution in [0, 0.1) is 18.8 Å². The van der Waals surface area contributed by atoms with Crippen molar-refractivity contribution in [1.82, 2.24) is 0 Å². The largest absolute Gasteiger partial charge is 0.457 e.